The fraction of sp³-hybridized carbons (Fsp3) is 0.333. The first-order chi connectivity index (χ1) is 14.8. The Bertz CT molecular complexity index is 946. The lowest BCUT2D eigenvalue weighted by Gasteiger charge is -2.21. The molecule has 7 heteroatoms. The average Bonchev–Trinajstić information content (AvgIpc) is 3.46. The normalized spacial score (nSPS) is 16.2. The SMILES string of the molecule is CN=C(NCc1cc(-c2ccccc2)on1)N1CCC(COCc2ccccc2)C1.I. The van der Waals surface area contributed by atoms with Crippen LogP contribution in [0.3, 0.4) is 0 Å². The summed E-state index contributed by atoms with van der Waals surface area (Å²) in [6.07, 6.45) is 1.11. The minimum absolute atomic E-state index is 0. The zero-order valence-electron chi connectivity index (χ0n) is 17.7. The Morgan fingerprint density at radius 2 is 1.90 bits per heavy atom. The van der Waals surface area contributed by atoms with Crippen LogP contribution in [-0.2, 0) is 17.9 Å². The number of guanidine groups is 1. The molecule has 1 N–H and O–H groups in total. The molecule has 0 aliphatic carbocycles. The summed E-state index contributed by atoms with van der Waals surface area (Å²) in [6.45, 7) is 3.94. The lowest BCUT2D eigenvalue weighted by molar-refractivity contribution is 0.0906. The topological polar surface area (TPSA) is 62.9 Å². The number of nitrogens with zero attached hydrogens (tertiary/aromatic N) is 3. The van der Waals surface area contributed by atoms with E-state index in [0.717, 1.165) is 49.1 Å². The van der Waals surface area contributed by atoms with Crippen LogP contribution in [0.1, 0.15) is 17.7 Å². The van der Waals surface area contributed by atoms with Gasteiger partial charge in [0.25, 0.3) is 0 Å². The first-order valence-corrected chi connectivity index (χ1v) is 10.4. The van der Waals surface area contributed by atoms with E-state index in [0.29, 0.717) is 19.1 Å². The maximum absolute atomic E-state index is 5.93. The predicted octanol–water partition coefficient (Wildman–Crippen LogP) is 4.57. The van der Waals surface area contributed by atoms with E-state index in [-0.39, 0.29) is 24.0 Å². The standard InChI is InChI=1S/C24H28N4O2.HI/c1-25-24(26-15-22-14-23(30-27-22)21-10-6-3-7-11-21)28-13-12-20(16-28)18-29-17-19-8-4-2-5-9-19;/h2-11,14,20H,12-13,15-18H2,1H3,(H,25,26);1H. The quantitative estimate of drug-likeness (QED) is 0.275. The molecule has 0 bridgehead atoms. The second kappa shape index (κ2) is 11.9. The molecule has 6 nitrogen and oxygen atoms in total. The van der Waals surface area contributed by atoms with E-state index >= 15 is 0 Å². The summed E-state index contributed by atoms with van der Waals surface area (Å²) in [5.41, 5.74) is 3.10. The van der Waals surface area contributed by atoms with Gasteiger partial charge in [0.1, 0.15) is 5.69 Å². The van der Waals surface area contributed by atoms with E-state index < -0.39 is 0 Å². The van der Waals surface area contributed by atoms with Crippen molar-refractivity contribution in [3.05, 3.63) is 78.0 Å². The largest absolute Gasteiger partial charge is 0.376 e. The van der Waals surface area contributed by atoms with E-state index in [2.05, 4.69) is 32.5 Å². The number of hydrogen-bond acceptors (Lipinski definition) is 4. The molecule has 1 aromatic heterocycles. The van der Waals surface area contributed by atoms with E-state index in [1.807, 2.05) is 61.6 Å². The lowest BCUT2D eigenvalue weighted by atomic mass is 10.1. The highest BCUT2D eigenvalue weighted by molar-refractivity contribution is 14.0. The van der Waals surface area contributed by atoms with Crippen molar-refractivity contribution in [1.29, 1.82) is 0 Å². The van der Waals surface area contributed by atoms with Crippen LogP contribution in [0.25, 0.3) is 11.3 Å². The molecular formula is C24H29IN4O2. The van der Waals surface area contributed by atoms with Crippen molar-refractivity contribution in [3.8, 4) is 11.3 Å². The molecule has 0 amide bonds. The van der Waals surface area contributed by atoms with Gasteiger partial charge in [-0.15, -0.1) is 24.0 Å². The molecule has 0 spiro atoms. The summed E-state index contributed by atoms with van der Waals surface area (Å²) in [4.78, 5) is 6.73. The number of nitrogens with one attached hydrogen (secondary N) is 1. The smallest absolute Gasteiger partial charge is 0.193 e. The van der Waals surface area contributed by atoms with Crippen LogP contribution in [-0.4, -0.2) is 42.8 Å². The van der Waals surface area contributed by atoms with E-state index in [4.69, 9.17) is 9.26 Å². The Kier molecular flexibility index (Phi) is 8.90. The van der Waals surface area contributed by atoms with Crippen LogP contribution in [0.15, 0.2) is 76.2 Å². The highest BCUT2D eigenvalue weighted by atomic mass is 127. The van der Waals surface area contributed by atoms with Gasteiger partial charge >= 0.3 is 0 Å². The Labute approximate surface area is 200 Å². The molecule has 31 heavy (non-hydrogen) atoms. The molecule has 2 heterocycles. The molecule has 1 unspecified atom stereocenters. The van der Waals surface area contributed by atoms with Gasteiger partial charge in [0.15, 0.2) is 11.7 Å². The summed E-state index contributed by atoms with van der Waals surface area (Å²) >= 11 is 0. The molecular weight excluding hydrogens is 503 g/mol. The van der Waals surface area contributed by atoms with Crippen molar-refractivity contribution in [2.45, 2.75) is 19.6 Å². The molecule has 3 aromatic rings. The molecule has 0 saturated carbocycles. The van der Waals surface area contributed by atoms with Gasteiger partial charge < -0.3 is 19.5 Å². The molecule has 4 rings (SSSR count). The van der Waals surface area contributed by atoms with Gasteiger partial charge in [-0.3, -0.25) is 4.99 Å². The first-order valence-electron chi connectivity index (χ1n) is 10.4. The number of rotatable bonds is 7. The van der Waals surface area contributed by atoms with Crippen LogP contribution < -0.4 is 5.32 Å². The summed E-state index contributed by atoms with van der Waals surface area (Å²) in [5.74, 6) is 2.19. The van der Waals surface area contributed by atoms with Crippen LogP contribution in [0, 0.1) is 5.92 Å². The van der Waals surface area contributed by atoms with E-state index in [1.54, 1.807) is 0 Å². The molecule has 164 valence electrons. The third-order valence-electron chi connectivity index (χ3n) is 5.31. The summed E-state index contributed by atoms with van der Waals surface area (Å²) in [7, 11) is 1.82. The highest BCUT2D eigenvalue weighted by Gasteiger charge is 2.25. The summed E-state index contributed by atoms with van der Waals surface area (Å²) < 4.78 is 11.4. The zero-order valence-corrected chi connectivity index (χ0v) is 20.1. The van der Waals surface area contributed by atoms with Crippen molar-refractivity contribution in [3.63, 3.8) is 0 Å². The molecule has 1 aliphatic heterocycles. The Hall–Kier alpha value is -2.39. The van der Waals surface area contributed by atoms with Gasteiger partial charge in [-0.05, 0) is 12.0 Å². The monoisotopic (exact) mass is 532 g/mol. The number of likely N-dealkylation sites (tertiary alicyclic amines) is 1. The van der Waals surface area contributed by atoms with Gasteiger partial charge in [0.2, 0.25) is 0 Å². The molecule has 1 saturated heterocycles. The lowest BCUT2D eigenvalue weighted by Crippen LogP contribution is -2.39. The van der Waals surface area contributed by atoms with Crippen molar-refractivity contribution < 1.29 is 9.26 Å². The molecule has 1 atom stereocenters. The number of benzene rings is 2. The van der Waals surface area contributed by atoms with Crippen molar-refractivity contribution in [2.24, 2.45) is 10.9 Å². The number of halogens is 1. The third-order valence-corrected chi connectivity index (χ3v) is 5.31. The van der Waals surface area contributed by atoms with Gasteiger partial charge in [-0.1, -0.05) is 65.8 Å². The minimum atomic E-state index is 0. The fourth-order valence-corrected chi connectivity index (χ4v) is 3.71. The Morgan fingerprint density at radius 3 is 2.65 bits per heavy atom. The number of ether oxygens (including phenoxy) is 1. The van der Waals surface area contributed by atoms with Gasteiger partial charge in [0, 0.05) is 37.7 Å². The number of aliphatic imine (C=N–C) groups is 1. The molecule has 1 fully saturated rings. The zero-order chi connectivity index (χ0) is 20.6. The number of hydrogen-bond donors (Lipinski definition) is 1. The molecule has 0 radical (unpaired) electrons. The van der Waals surface area contributed by atoms with Crippen molar-refractivity contribution in [2.75, 3.05) is 26.7 Å². The molecule has 1 aliphatic rings. The summed E-state index contributed by atoms with van der Waals surface area (Å²) in [6, 6.07) is 22.3. The van der Waals surface area contributed by atoms with Crippen LogP contribution in [0.4, 0.5) is 0 Å². The van der Waals surface area contributed by atoms with Crippen LogP contribution in [0.2, 0.25) is 0 Å². The van der Waals surface area contributed by atoms with Crippen LogP contribution in [0.5, 0.6) is 0 Å². The summed E-state index contributed by atoms with van der Waals surface area (Å²) in [5, 5.41) is 7.59. The molecule has 2 aromatic carbocycles. The Balaban J connectivity index is 0.00000272. The highest BCUT2D eigenvalue weighted by Crippen LogP contribution is 2.20. The van der Waals surface area contributed by atoms with Crippen LogP contribution >= 0.6 is 24.0 Å². The van der Waals surface area contributed by atoms with Gasteiger partial charge in [0.05, 0.1) is 19.8 Å². The predicted molar refractivity (Wildman–Crippen MR) is 133 cm³/mol. The fourth-order valence-electron chi connectivity index (χ4n) is 3.71. The first kappa shape index (κ1) is 23.3. The van der Waals surface area contributed by atoms with E-state index in [9.17, 15) is 0 Å². The van der Waals surface area contributed by atoms with Crippen molar-refractivity contribution >= 4 is 29.9 Å². The second-order valence-corrected chi connectivity index (χ2v) is 7.55. The van der Waals surface area contributed by atoms with Gasteiger partial charge in [-0.25, -0.2) is 0 Å². The maximum Gasteiger partial charge on any atom is 0.193 e. The maximum atomic E-state index is 5.93. The third kappa shape index (κ3) is 6.54. The van der Waals surface area contributed by atoms with E-state index in [1.165, 1.54) is 5.56 Å². The van der Waals surface area contributed by atoms with Crippen molar-refractivity contribution in [1.82, 2.24) is 15.4 Å². The Morgan fingerprint density at radius 1 is 1.16 bits per heavy atom. The average molecular weight is 532 g/mol. The van der Waals surface area contributed by atoms with Gasteiger partial charge in [-0.2, -0.15) is 0 Å². The minimum Gasteiger partial charge on any atom is -0.376 e. The second-order valence-electron chi connectivity index (χ2n) is 7.55. The number of aromatic nitrogens is 1.